The molecule has 3 nitrogen and oxygen atoms in total. The molecule has 5 heteroatoms. The second-order valence-corrected chi connectivity index (χ2v) is 6.07. The number of nitrogens with zero attached hydrogens (tertiary/aromatic N) is 2. The average molecular weight is 301 g/mol. The Morgan fingerprint density at radius 1 is 1.56 bits per heavy atom. The molecule has 0 saturated heterocycles. The van der Waals surface area contributed by atoms with Gasteiger partial charge in [0.15, 0.2) is 0 Å². The second kappa shape index (κ2) is 4.30. The first-order valence-electron chi connectivity index (χ1n) is 5.02. The highest BCUT2D eigenvalue weighted by Gasteiger charge is 2.18. The third-order valence-corrected chi connectivity index (χ3v) is 4.75. The van der Waals surface area contributed by atoms with Crippen LogP contribution in [0.2, 0.25) is 0 Å². The third-order valence-electron chi connectivity index (χ3n) is 2.41. The molecule has 0 aromatic carbocycles. The van der Waals surface area contributed by atoms with Gasteiger partial charge in [-0.25, -0.2) is 4.98 Å². The van der Waals surface area contributed by atoms with Crippen molar-refractivity contribution in [2.24, 2.45) is 5.41 Å². The zero-order valence-corrected chi connectivity index (χ0v) is 11.6. The molecule has 0 saturated carbocycles. The third kappa shape index (κ3) is 2.20. The number of aromatic nitrogens is 2. The van der Waals surface area contributed by atoms with E-state index in [1.807, 2.05) is 11.4 Å². The molecule has 2 rings (SSSR count). The number of rotatable bonds is 3. The summed E-state index contributed by atoms with van der Waals surface area (Å²) in [6.07, 6.45) is 1.64. The summed E-state index contributed by atoms with van der Waals surface area (Å²) in [6, 6.07) is 1.84. The standard InChI is InChI=1S/C11H13BrN2OS/c1-11(2,5-12)6-14-7-13-9-8(10(14)15)3-4-16-9/h3-4,7H,5-6H2,1-2H3. The molecule has 0 atom stereocenters. The molecule has 0 fully saturated rings. The molecule has 86 valence electrons. The number of hydrogen-bond acceptors (Lipinski definition) is 3. The fraction of sp³-hybridized carbons (Fsp3) is 0.455. The highest BCUT2D eigenvalue weighted by atomic mass is 79.9. The molecule has 0 spiro atoms. The van der Waals surface area contributed by atoms with E-state index in [0.717, 1.165) is 15.5 Å². The van der Waals surface area contributed by atoms with E-state index in [-0.39, 0.29) is 11.0 Å². The Morgan fingerprint density at radius 3 is 3.00 bits per heavy atom. The number of halogens is 1. The molecule has 0 aliphatic carbocycles. The molecule has 0 N–H and O–H groups in total. The number of alkyl halides is 1. The van der Waals surface area contributed by atoms with E-state index in [2.05, 4.69) is 34.8 Å². The van der Waals surface area contributed by atoms with E-state index < -0.39 is 0 Å². The molecule has 16 heavy (non-hydrogen) atoms. The Bertz CT molecular complexity index is 558. The van der Waals surface area contributed by atoms with Crippen molar-refractivity contribution in [3.63, 3.8) is 0 Å². The predicted molar refractivity (Wildman–Crippen MR) is 71.5 cm³/mol. The van der Waals surface area contributed by atoms with Gasteiger partial charge in [-0.3, -0.25) is 9.36 Å². The van der Waals surface area contributed by atoms with Gasteiger partial charge in [-0.15, -0.1) is 11.3 Å². The first-order chi connectivity index (χ1) is 7.53. The lowest BCUT2D eigenvalue weighted by Gasteiger charge is -2.22. The van der Waals surface area contributed by atoms with Gasteiger partial charge >= 0.3 is 0 Å². The van der Waals surface area contributed by atoms with Gasteiger partial charge in [0.25, 0.3) is 5.56 Å². The Kier molecular flexibility index (Phi) is 3.17. The molecule has 2 aromatic rings. The van der Waals surface area contributed by atoms with Crippen LogP contribution in [0.4, 0.5) is 0 Å². The first kappa shape index (κ1) is 11.8. The van der Waals surface area contributed by atoms with Gasteiger partial charge in [0.1, 0.15) is 4.83 Å². The topological polar surface area (TPSA) is 34.9 Å². The summed E-state index contributed by atoms with van der Waals surface area (Å²) in [5.74, 6) is 0. The molecular weight excluding hydrogens is 288 g/mol. The maximum absolute atomic E-state index is 12.1. The highest BCUT2D eigenvalue weighted by Crippen LogP contribution is 2.20. The van der Waals surface area contributed by atoms with Crippen LogP contribution in [0.15, 0.2) is 22.6 Å². The van der Waals surface area contributed by atoms with Crippen LogP contribution in [-0.2, 0) is 6.54 Å². The molecule has 0 aliphatic rings. The van der Waals surface area contributed by atoms with Crippen LogP contribution < -0.4 is 5.56 Å². The minimum atomic E-state index is 0.0508. The highest BCUT2D eigenvalue weighted by molar-refractivity contribution is 9.09. The van der Waals surface area contributed by atoms with Crippen molar-refractivity contribution in [2.75, 3.05) is 5.33 Å². The quantitative estimate of drug-likeness (QED) is 0.817. The van der Waals surface area contributed by atoms with Gasteiger partial charge in [-0.05, 0) is 16.9 Å². The van der Waals surface area contributed by atoms with E-state index in [0.29, 0.717) is 6.54 Å². The Labute approximate surface area is 106 Å². The monoisotopic (exact) mass is 300 g/mol. The van der Waals surface area contributed by atoms with Gasteiger partial charge in [-0.2, -0.15) is 0 Å². The maximum Gasteiger partial charge on any atom is 0.262 e. The lowest BCUT2D eigenvalue weighted by Crippen LogP contribution is -2.29. The summed E-state index contributed by atoms with van der Waals surface area (Å²) >= 11 is 4.96. The molecule has 0 aliphatic heterocycles. The van der Waals surface area contributed by atoms with Crippen LogP contribution in [0.25, 0.3) is 10.2 Å². The van der Waals surface area contributed by atoms with E-state index in [1.54, 1.807) is 10.9 Å². The molecule has 0 amide bonds. The number of thiophene rings is 1. The van der Waals surface area contributed by atoms with Crippen LogP contribution in [0.3, 0.4) is 0 Å². The number of hydrogen-bond donors (Lipinski definition) is 0. The Morgan fingerprint density at radius 2 is 2.31 bits per heavy atom. The lowest BCUT2D eigenvalue weighted by molar-refractivity contribution is 0.348. The zero-order chi connectivity index (χ0) is 11.8. The fourth-order valence-electron chi connectivity index (χ4n) is 1.51. The second-order valence-electron chi connectivity index (χ2n) is 4.61. The van der Waals surface area contributed by atoms with Crippen molar-refractivity contribution in [1.82, 2.24) is 9.55 Å². The summed E-state index contributed by atoms with van der Waals surface area (Å²) in [7, 11) is 0. The van der Waals surface area contributed by atoms with Crippen LogP contribution in [0.1, 0.15) is 13.8 Å². The van der Waals surface area contributed by atoms with Crippen molar-refractivity contribution in [1.29, 1.82) is 0 Å². The molecular formula is C11H13BrN2OS. The molecule has 0 radical (unpaired) electrons. The van der Waals surface area contributed by atoms with Gasteiger partial charge < -0.3 is 0 Å². The van der Waals surface area contributed by atoms with E-state index in [1.165, 1.54) is 11.3 Å². The fourth-order valence-corrected chi connectivity index (χ4v) is 2.41. The van der Waals surface area contributed by atoms with Crippen LogP contribution in [0.5, 0.6) is 0 Å². The zero-order valence-electron chi connectivity index (χ0n) is 9.24. The molecule has 0 unspecified atom stereocenters. The SMILES string of the molecule is CC(C)(CBr)Cn1cnc2sccc2c1=O. The summed E-state index contributed by atoms with van der Waals surface area (Å²) < 4.78 is 1.69. The van der Waals surface area contributed by atoms with E-state index in [9.17, 15) is 4.79 Å². The van der Waals surface area contributed by atoms with E-state index in [4.69, 9.17) is 0 Å². The van der Waals surface area contributed by atoms with Crippen molar-refractivity contribution in [3.8, 4) is 0 Å². The van der Waals surface area contributed by atoms with Gasteiger partial charge in [0.2, 0.25) is 0 Å². The molecule has 2 aromatic heterocycles. The summed E-state index contributed by atoms with van der Waals surface area (Å²) in [4.78, 5) is 17.2. The summed E-state index contributed by atoms with van der Waals surface area (Å²) in [5, 5.41) is 3.48. The van der Waals surface area contributed by atoms with E-state index >= 15 is 0 Å². The van der Waals surface area contributed by atoms with Gasteiger partial charge in [0.05, 0.1) is 11.7 Å². The van der Waals surface area contributed by atoms with Crippen molar-refractivity contribution < 1.29 is 0 Å². The summed E-state index contributed by atoms with van der Waals surface area (Å²) in [6.45, 7) is 4.91. The predicted octanol–water partition coefficient (Wildman–Crippen LogP) is 2.88. The normalized spacial score (nSPS) is 12.2. The van der Waals surface area contributed by atoms with Crippen molar-refractivity contribution in [2.45, 2.75) is 20.4 Å². The molecule has 0 bridgehead atoms. The largest absolute Gasteiger partial charge is 0.298 e. The van der Waals surface area contributed by atoms with Crippen LogP contribution in [-0.4, -0.2) is 14.9 Å². The Hall–Kier alpha value is -0.680. The first-order valence-corrected chi connectivity index (χ1v) is 7.02. The molecule has 2 heterocycles. The lowest BCUT2D eigenvalue weighted by atomic mass is 9.97. The van der Waals surface area contributed by atoms with Crippen LogP contribution >= 0.6 is 27.3 Å². The minimum Gasteiger partial charge on any atom is -0.298 e. The van der Waals surface area contributed by atoms with Crippen LogP contribution in [0, 0.1) is 5.41 Å². The summed E-state index contributed by atoms with van der Waals surface area (Å²) in [5.41, 5.74) is 0.107. The van der Waals surface area contributed by atoms with Gasteiger partial charge in [-0.1, -0.05) is 29.8 Å². The minimum absolute atomic E-state index is 0.0508. The number of fused-ring (bicyclic) bond motifs is 1. The average Bonchev–Trinajstić information content (AvgIpc) is 2.71. The van der Waals surface area contributed by atoms with Crippen molar-refractivity contribution >= 4 is 37.5 Å². The van der Waals surface area contributed by atoms with Gasteiger partial charge in [0, 0.05) is 11.9 Å². The van der Waals surface area contributed by atoms with Crippen molar-refractivity contribution in [3.05, 3.63) is 28.1 Å². The Balaban J connectivity index is 2.46. The maximum atomic E-state index is 12.1. The smallest absolute Gasteiger partial charge is 0.262 e.